The van der Waals surface area contributed by atoms with Crippen LogP contribution in [-0.4, -0.2) is 39.6 Å². The van der Waals surface area contributed by atoms with Crippen LogP contribution in [0.3, 0.4) is 0 Å². The van der Waals surface area contributed by atoms with Crippen molar-refractivity contribution in [3.63, 3.8) is 0 Å². The minimum Gasteiger partial charge on any atom is -0.328 e. The average molecular weight is 499 g/mol. The number of hydrogen-bond acceptors (Lipinski definition) is 3. The fourth-order valence-corrected chi connectivity index (χ4v) is 4.64. The first-order chi connectivity index (χ1) is 17.8. The van der Waals surface area contributed by atoms with Crippen LogP contribution >= 0.6 is 0 Å². The number of carbonyl (C=O) groups excluding carboxylic acids is 1. The van der Waals surface area contributed by atoms with E-state index in [-0.39, 0.29) is 19.0 Å². The van der Waals surface area contributed by atoms with Crippen molar-refractivity contribution < 1.29 is 9.18 Å². The molecule has 0 fully saturated rings. The Balaban J connectivity index is 1.88. The maximum Gasteiger partial charge on any atom is 0.254 e. The van der Waals surface area contributed by atoms with Crippen LogP contribution in [0.4, 0.5) is 4.39 Å². The molecule has 1 aromatic heterocycles. The first-order valence-electron chi connectivity index (χ1n) is 12.6. The molecule has 0 aliphatic carbocycles. The highest BCUT2D eigenvalue weighted by atomic mass is 19.1. The molecule has 0 bridgehead atoms. The molecular weight excluding hydrogens is 463 g/mol. The lowest BCUT2D eigenvalue weighted by atomic mass is 9.84. The molecule has 4 rings (SSSR count). The molecule has 2 unspecified atom stereocenters. The highest BCUT2D eigenvalue weighted by Gasteiger charge is 2.39. The second kappa shape index (κ2) is 11.5. The third-order valence-corrected chi connectivity index (χ3v) is 6.38. The fourth-order valence-electron chi connectivity index (χ4n) is 4.64. The molecule has 4 aromatic rings. The summed E-state index contributed by atoms with van der Waals surface area (Å²) in [6.45, 7) is 6.47. The lowest BCUT2D eigenvalue weighted by molar-refractivity contribution is 0.0402. The van der Waals surface area contributed by atoms with Crippen LogP contribution in [0.15, 0.2) is 97.2 Å². The van der Waals surface area contributed by atoms with Gasteiger partial charge >= 0.3 is 0 Å². The Labute approximate surface area is 218 Å². The van der Waals surface area contributed by atoms with Crippen LogP contribution < -0.4 is 5.73 Å². The lowest BCUT2D eigenvalue weighted by Crippen LogP contribution is -2.46. The van der Waals surface area contributed by atoms with Crippen molar-refractivity contribution in [2.45, 2.75) is 39.5 Å². The van der Waals surface area contributed by atoms with Gasteiger partial charge in [-0.3, -0.25) is 4.79 Å². The molecule has 0 aliphatic rings. The minimum atomic E-state index is -1.36. The van der Waals surface area contributed by atoms with E-state index in [4.69, 9.17) is 10.7 Å². The molecule has 1 amide bonds. The summed E-state index contributed by atoms with van der Waals surface area (Å²) in [7, 11) is 0. The van der Waals surface area contributed by atoms with Crippen LogP contribution in [0.2, 0.25) is 0 Å². The van der Waals surface area contributed by atoms with E-state index in [2.05, 4.69) is 37.5 Å². The second-order valence-electron chi connectivity index (χ2n) is 10.4. The number of rotatable bonds is 9. The monoisotopic (exact) mass is 498 g/mol. The van der Waals surface area contributed by atoms with E-state index in [1.165, 1.54) is 0 Å². The summed E-state index contributed by atoms with van der Waals surface area (Å²) < 4.78 is 17.0. The van der Waals surface area contributed by atoms with Gasteiger partial charge in [0.2, 0.25) is 0 Å². The molecule has 1 heterocycles. The van der Waals surface area contributed by atoms with Gasteiger partial charge in [0.1, 0.15) is 12.0 Å². The van der Waals surface area contributed by atoms with Gasteiger partial charge in [0.15, 0.2) is 0 Å². The van der Waals surface area contributed by atoms with Crippen LogP contribution in [0.1, 0.15) is 48.6 Å². The summed E-state index contributed by atoms with van der Waals surface area (Å²) in [5.41, 5.74) is 8.64. The van der Waals surface area contributed by atoms with Gasteiger partial charge < -0.3 is 15.2 Å². The van der Waals surface area contributed by atoms with Gasteiger partial charge in [-0.1, -0.05) is 99.6 Å². The van der Waals surface area contributed by atoms with E-state index < -0.39 is 17.6 Å². The Kier molecular flexibility index (Phi) is 8.19. The lowest BCUT2D eigenvalue weighted by Gasteiger charge is -2.40. The van der Waals surface area contributed by atoms with Crippen LogP contribution in [0, 0.1) is 5.41 Å². The summed E-state index contributed by atoms with van der Waals surface area (Å²) in [4.78, 5) is 20.6. The second-order valence-corrected chi connectivity index (χ2v) is 10.4. The number of benzene rings is 3. The number of nitrogens with zero attached hydrogens (tertiary/aromatic N) is 3. The number of imidazole rings is 1. The van der Waals surface area contributed by atoms with Gasteiger partial charge in [-0.25, -0.2) is 9.37 Å². The molecule has 5 nitrogen and oxygen atoms in total. The van der Waals surface area contributed by atoms with Crippen molar-refractivity contribution in [2.75, 3.05) is 13.1 Å². The Morgan fingerprint density at radius 3 is 2.08 bits per heavy atom. The zero-order valence-corrected chi connectivity index (χ0v) is 21.7. The van der Waals surface area contributed by atoms with E-state index in [1.807, 2.05) is 72.9 Å². The standard InChI is InChI=1S/C31H35FN4O/c1-31(2,3)28(36(21-26(32)19-33)30(37)25-17-11-6-12-18-25)29-34-27(24-15-9-5-10-16-24)22-35(29)20-23-13-7-4-8-14-23/h4-18,22,26,28H,19-21,33H2,1-3H3. The molecule has 0 aliphatic heterocycles. The van der Waals surface area contributed by atoms with Gasteiger partial charge in [0, 0.05) is 30.4 Å². The molecule has 0 spiro atoms. The van der Waals surface area contributed by atoms with E-state index in [0.717, 1.165) is 16.8 Å². The summed E-state index contributed by atoms with van der Waals surface area (Å²) in [5.74, 6) is 0.468. The number of amides is 1. The highest BCUT2D eigenvalue weighted by Crippen LogP contribution is 2.40. The van der Waals surface area contributed by atoms with Crippen molar-refractivity contribution in [1.29, 1.82) is 0 Å². The zero-order chi connectivity index (χ0) is 26.4. The van der Waals surface area contributed by atoms with Crippen molar-refractivity contribution in [2.24, 2.45) is 11.1 Å². The van der Waals surface area contributed by atoms with Crippen molar-refractivity contribution >= 4 is 5.91 Å². The smallest absolute Gasteiger partial charge is 0.254 e. The minimum absolute atomic E-state index is 0.120. The average Bonchev–Trinajstić information content (AvgIpc) is 3.31. The Hall–Kier alpha value is -3.77. The maximum atomic E-state index is 14.9. The number of aromatic nitrogens is 2. The molecule has 37 heavy (non-hydrogen) atoms. The number of hydrogen-bond donors (Lipinski definition) is 1. The van der Waals surface area contributed by atoms with Gasteiger partial charge in [0.05, 0.1) is 18.3 Å². The van der Waals surface area contributed by atoms with Gasteiger partial charge in [-0.15, -0.1) is 0 Å². The summed E-state index contributed by atoms with van der Waals surface area (Å²) in [6.07, 6.45) is 0.667. The number of alkyl halides is 1. The van der Waals surface area contributed by atoms with Crippen LogP contribution in [0.25, 0.3) is 11.3 Å². The van der Waals surface area contributed by atoms with E-state index in [0.29, 0.717) is 17.9 Å². The maximum absolute atomic E-state index is 14.9. The molecule has 0 saturated carbocycles. The predicted molar refractivity (Wildman–Crippen MR) is 147 cm³/mol. The van der Waals surface area contributed by atoms with Crippen molar-refractivity contribution in [1.82, 2.24) is 14.5 Å². The van der Waals surface area contributed by atoms with Crippen molar-refractivity contribution in [3.8, 4) is 11.3 Å². The van der Waals surface area contributed by atoms with Gasteiger partial charge in [0.25, 0.3) is 5.91 Å². The molecule has 6 heteroatoms. The molecule has 0 saturated heterocycles. The van der Waals surface area contributed by atoms with E-state index in [1.54, 1.807) is 17.0 Å². The van der Waals surface area contributed by atoms with Crippen LogP contribution in [0.5, 0.6) is 0 Å². The zero-order valence-electron chi connectivity index (χ0n) is 21.7. The predicted octanol–water partition coefficient (Wildman–Crippen LogP) is 6.12. The SMILES string of the molecule is CC(C)(C)C(c1nc(-c2ccccc2)cn1Cc1ccccc1)N(CC(F)CN)C(=O)c1ccccc1. The Morgan fingerprint density at radius 2 is 1.51 bits per heavy atom. The number of nitrogens with two attached hydrogens (primary N) is 1. The topological polar surface area (TPSA) is 64.2 Å². The Bertz CT molecular complexity index is 1280. The van der Waals surface area contributed by atoms with E-state index in [9.17, 15) is 9.18 Å². The Morgan fingerprint density at radius 1 is 0.946 bits per heavy atom. The summed E-state index contributed by atoms with van der Waals surface area (Å²) in [5, 5.41) is 0. The van der Waals surface area contributed by atoms with Crippen LogP contribution in [-0.2, 0) is 6.54 Å². The van der Waals surface area contributed by atoms with Crippen molar-refractivity contribution in [3.05, 3.63) is 114 Å². The molecular formula is C31H35FN4O. The normalized spacial score (nSPS) is 13.2. The largest absolute Gasteiger partial charge is 0.328 e. The van der Waals surface area contributed by atoms with Gasteiger partial charge in [-0.05, 0) is 23.1 Å². The molecule has 2 N–H and O–H groups in total. The summed E-state index contributed by atoms with van der Waals surface area (Å²) in [6, 6.07) is 28.6. The number of carbonyl (C=O) groups is 1. The summed E-state index contributed by atoms with van der Waals surface area (Å²) >= 11 is 0. The molecule has 3 aromatic carbocycles. The third-order valence-electron chi connectivity index (χ3n) is 6.38. The first-order valence-corrected chi connectivity index (χ1v) is 12.6. The molecule has 0 radical (unpaired) electrons. The third kappa shape index (κ3) is 6.33. The van der Waals surface area contributed by atoms with Gasteiger partial charge in [-0.2, -0.15) is 0 Å². The highest BCUT2D eigenvalue weighted by molar-refractivity contribution is 5.94. The quantitative estimate of drug-likeness (QED) is 0.302. The van der Waals surface area contributed by atoms with E-state index >= 15 is 0 Å². The fraction of sp³-hybridized carbons (Fsp3) is 0.290. The number of halogens is 1. The first kappa shape index (κ1) is 26.3. The molecule has 192 valence electrons. The molecule has 2 atom stereocenters.